The summed E-state index contributed by atoms with van der Waals surface area (Å²) in [5.74, 6) is 0. The minimum absolute atomic E-state index is 0.819. The van der Waals surface area contributed by atoms with Crippen LogP contribution < -0.4 is 11.1 Å². The Morgan fingerprint density at radius 2 is 2.00 bits per heavy atom. The number of rotatable bonds is 4. The van der Waals surface area contributed by atoms with Crippen LogP contribution >= 0.6 is 0 Å². The van der Waals surface area contributed by atoms with Crippen LogP contribution in [0, 0.1) is 0 Å². The molecule has 2 rings (SSSR count). The molecule has 0 heterocycles. The number of hydrogen-bond acceptors (Lipinski definition) is 2. The van der Waals surface area contributed by atoms with E-state index in [1.807, 2.05) is 24.3 Å². The second kappa shape index (κ2) is 4.87. The van der Waals surface area contributed by atoms with Gasteiger partial charge in [0.05, 0.1) is 0 Å². The lowest BCUT2D eigenvalue weighted by molar-refractivity contribution is 0.863. The van der Waals surface area contributed by atoms with E-state index in [0.29, 0.717) is 0 Å². The summed E-state index contributed by atoms with van der Waals surface area (Å²) in [5.41, 5.74) is 9.20. The monoisotopic (exact) mass is 202 g/mol. The van der Waals surface area contributed by atoms with E-state index in [1.54, 1.807) is 5.57 Å². The Labute approximate surface area is 91.2 Å². The maximum Gasteiger partial charge on any atom is 0.0341 e. The lowest BCUT2D eigenvalue weighted by atomic mass is 10.1. The SMILES string of the molecule is Nc1ccc(NCCC2=CCCC2)cc1. The Kier molecular flexibility index (Phi) is 3.28. The van der Waals surface area contributed by atoms with E-state index in [-0.39, 0.29) is 0 Å². The largest absolute Gasteiger partial charge is 0.399 e. The van der Waals surface area contributed by atoms with Crippen LogP contribution in [0.2, 0.25) is 0 Å². The first kappa shape index (κ1) is 10.1. The first-order valence-electron chi connectivity index (χ1n) is 5.62. The highest BCUT2D eigenvalue weighted by molar-refractivity contribution is 5.51. The van der Waals surface area contributed by atoms with E-state index in [0.717, 1.165) is 17.9 Å². The number of nitrogen functional groups attached to an aromatic ring is 1. The molecular weight excluding hydrogens is 184 g/mol. The predicted octanol–water partition coefficient (Wildman–Crippen LogP) is 3.18. The van der Waals surface area contributed by atoms with Crippen molar-refractivity contribution in [2.24, 2.45) is 0 Å². The van der Waals surface area contributed by atoms with Crippen LogP contribution in [-0.4, -0.2) is 6.54 Å². The van der Waals surface area contributed by atoms with Gasteiger partial charge in [0.2, 0.25) is 0 Å². The zero-order valence-corrected chi connectivity index (χ0v) is 9.00. The van der Waals surface area contributed by atoms with Gasteiger partial charge in [-0.1, -0.05) is 11.6 Å². The summed E-state index contributed by atoms with van der Waals surface area (Å²) in [7, 11) is 0. The molecule has 80 valence electrons. The van der Waals surface area contributed by atoms with E-state index in [9.17, 15) is 0 Å². The second-order valence-corrected chi connectivity index (χ2v) is 4.05. The quantitative estimate of drug-likeness (QED) is 0.581. The van der Waals surface area contributed by atoms with Crippen molar-refractivity contribution in [2.75, 3.05) is 17.6 Å². The van der Waals surface area contributed by atoms with Crippen LogP contribution in [0.3, 0.4) is 0 Å². The summed E-state index contributed by atoms with van der Waals surface area (Å²) in [6, 6.07) is 7.91. The molecule has 0 bridgehead atoms. The Hall–Kier alpha value is -1.44. The van der Waals surface area contributed by atoms with Gasteiger partial charge in [-0.15, -0.1) is 0 Å². The van der Waals surface area contributed by atoms with Crippen molar-refractivity contribution in [1.29, 1.82) is 0 Å². The van der Waals surface area contributed by atoms with Gasteiger partial charge in [0, 0.05) is 17.9 Å². The molecule has 0 saturated heterocycles. The van der Waals surface area contributed by atoms with Crippen molar-refractivity contribution in [3.8, 4) is 0 Å². The Balaban J connectivity index is 1.75. The third-order valence-corrected chi connectivity index (χ3v) is 2.82. The summed E-state index contributed by atoms with van der Waals surface area (Å²) in [6.07, 6.45) is 7.47. The molecule has 3 N–H and O–H groups in total. The van der Waals surface area contributed by atoms with Gasteiger partial charge in [-0.05, 0) is 49.9 Å². The number of nitrogens with one attached hydrogen (secondary N) is 1. The van der Waals surface area contributed by atoms with E-state index in [1.165, 1.54) is 25.7 Å². The minimum Gasteiger partial charge on any atom is -0.399 e. The highest BCUT2D eigenvalue weighted by Gasteiger charge is 2.03. The number of nitrogens with two attached hydrogens (primary N) is 1. The van der Waals surface area contributed by atoms with Gasteiger partial charge in [0.1, 0.15) is 0 Å². The van der Waals surface area contributed by atoms with Crippen LogP contribution in [0.15, 0.2) is 35.9 Å². The maximum atomic E-state index is 5.62. The molecule has 15 heavy (non-hydrogen) atoms. The van der Waals surface area contributed by atoms with Crippen molar-refractivity contribution in [3.63, 3.8) is 0 Å². The zero-order chi connectivity index (χ0) is 10.5. The van der Waals surface area contributed by atoms with Gasteiger partial charge in [0.15, 0.2) is 0 Å². The number of benzene rings is 1. The second-order valence-electron chi connectivity index (χ2n) is 4.05. The Morgan fingerprint density at radius 1 is 1.20 bits per heavy atom. The summed E-state index contributed by atoms with van der Waals surface area (Å²) in [5, 5.41) is 3.40. The minimum atomic E-state index is 0.819. The molecule has 1 aliphatic rings. The number of allylic oxidation sites excluding steroid dienone is 1. The molecule has 0 aromatic heterocycles. The van der Waals surface area contributed by atoms with Crippen LogP contribution in [0.25, 0.3) is 0 Å². The lowest BCUT2D eigenvalue weighted by Crippen LogP contribution is -2.02. The van der Waals surface area contributed by atoms with Gasteiger partial charge in [0.25, 0.3) is 0 Å². The van der Waals surface area contributed by atoms with Gasteiger partial charge < -0.3 is 11.1 Å². The van der Waals surface area contributed by atoms with Crippen molar-refractivity contribution in [2.45, 2.75) is 25.7 Å². The average Bonchev–Trinajstić information content (AvgIpc) is 2.74. The fourth-order valence-corrected chi connectivity index (χ4v) is 1.93. The Bertz CT molecular complexity index is 338. The van der Waals surface area contributed by atoms with Gasteiger partial charge in [-0.25, -0.2) is 0 Å². The predicted molar refractivity (Wildman–Crippen MR) is 65.9 cm³/mol. The molecule has 0 radical (unpaired) electrons. The molecule has 1 aromatic rings. The van der Waals surface area contributed by atoms with Crippen molar-refractivity contribution in [1.82, 2.24) is 0 Å². The molecule has 0 fully saturated rings. The third kappa shape index (κ3) is 3.01. The molecular formula is C13H18N2. The summed E-state index contributed by atoms with van der Waals surface area (Å²) in [6.45, 7) is 1.02. The summed E-state index contributed by atoms with van der Waals surface area (Å²) in [4.78, 5) is 0. The number of hydrogen-bond donors (Lipinski definition) is 2. The molecule has 0 amide bonds. The van der Waals surface area contributed by atoms with E-state index < -0.39 is 0 Å². The Morgan fingerprint density at radius 3 is 2.67 bits per heavy atom. The lowest BCUT2D eigenvalue weighted by Gasteiger charge is -2.06. The molecule has 2 nitrogen and oxygen atoms in total. The van der Waals surface area contributed by atoms with Crippen molar-refractivity contribution in [3.05, 3.63) is 35.9 Å². The summed E-state index contributed by atoms with van der Waals surface area (Å²) >= 11 is 0. The van der Waals surface area contributed by atoms with E-state index in [2.05, 4.69) is 11.4 Å². The van der Waals surface area contributed by atoms with Crippen molar-refractivity contribution >= 4 is 11.4 Å². The molecule has 2 heteroatoms. The molecule has 1 aromatic carbocycles. The smallest absolute Gasteiger partial charge is 0.0341 e. The normalized spacial score (nSPS) is 15.1. The van der Waals surface area contributed by atoms with Gasteiger partial charge >= 0.3 is 0 Å². The molecule has 0 saturated carbocycles. The topological polar surface area (TPSA) is 38.0 Å². The van der Waals surface area contributed by atoms with Gasteiger partial charge in [-0.2, -0.15) is 0 Å². The van der Waals surface area contributed by atoms with E-state index >= 15 is 0 Å². The average molecular weight is 202 g/mol. The third-order valence-electron chi connectivity index (χ3n) is 2.82. The molecule has 0 spiro atoms. The van der Waals surface area contributed by atoms with Crippen LogP contribution in [0.1, 0.15) is 25.7 Å². The van der Waals surface area contributed by atoms with E-state index in [4.69, 9.17) is 5.73 Å². The first-order chi connectivity index (χ1) is 7.34. The molecule has 0 aliphatic heterocycles. The van der Waals surface area contributed by atoms with Crippen LogP contribution in [0.4, 0.5) is 11.4 Å². The van der Waals surface area contributed by atoms with Crippen LogP contribution in [-0.2, 0) is 0 Å². The highest BCUT2D eigenvalue weighted by atomic mass is 14.9. The molecule has 0 atom stereocenters. The fourth-order valence-electron chi connectivity index (χ4n) is 1.93. The zero-order valence-electron chi connectivity index (χ0n) is 9.00. The first-order valence-corrected chi connectivity index (χ1v) is 5.62. The standard InChI is InChI=1S/C13H18N2/c14-12-5-7-13(8-6-12)15-10-9-11-3-1-2-4-11/h3,5-8,15H,1-2,4,9-10,14H2. The fraction of sp³-hybridized carbons (Fsp3) is 0.385. The van der Waals surface area contributed by atoms with Crippen LogP contribution in [0.5, 0.6) is 0 Å². The molecule has 1 aliphatic carbocycles. The maximum absolute atomic E-state index is 5.62. The molecule has 0 unspecified atom stereocenters. The van der Waals surface area contributed by atoms with Crippen molar-refractivity contribution < 1.29 is 0 Å². The van der Waals surface area contributed by atoms with Gasteiger partial charge in [-0.3, -0.25) is 0 Å². The highest BCUT2D eigenvalue weighted by Crippen LogP contribution is 2.20. The number of anilines is 2. The summed E-state index contributed by atoms with van der Waals surface area (Å²) < 4.78 is 0.